The lowest BCUT2D eigenvalue weighted by atomic mass is 10.1. The molecule has 0 aliphatic carbocycles. The summed E-state index contributed by atoms with van der Waals surface area (Å²) < 4.78 is 1.79. The van der Waals surface area contributed by atoms with Gasteiger partial charge in [0.05, 0.1) is 5.69 Å². The lowest BCUT2D eigenvalue weighted by molar-refractivity contribution is 0.696. The maximum Gasteiger partial charge on any atom is 0.115 e. The van der Waals surface area contributed by atoms with Crippen LogP contribution in [0.3, 0.4) is 0 Å². The van der Waals surface area contributed by atoms with Crippen LogP contribution >= 0.6 is 0 Å². The predicted molar refractivity (Wildman–Crippen MR) is 77.2 cm³/mol. The van der Waals surface area contributed by atoms with Crippen LogP contribution in [-0.2, 0) is 7.05 Å². The van der Waals surface area contributed by atoms with Crippen molar-refractivity contribution < 1.29 is 0 Å². The Labute approximate surface area is 109 Å². The van der Waals surface area contributed by atoms with Gasteiger partial charge in [0.25, 0.3) is 0 Å². The molecule has 0 saturated carbocycles. The Morgan fingerprint density at radius 3 is 2.17 bits per heavy atom. The summed E-state index contributed by atoms with van der Waals surface area (Å²) in [7, 11) is 1.90. The minimum Gasteiger partial charge on any atom is -0.252 e. The molecule has 0 aliphatic rings. The third-order valence-electron chi connectivity index (χ3n) is 2.65. The van der Waals surface area contributed by atoms with E-state index in [9.17, 15) is 0 Å². The molecule has 1 aromatic heterocycles. The third-order valence-corrected chi connectivity index (χ3v) is 2.65. The highest BCUT2D eigenvalue weighted by Gasteiger charge is 2.07. The molecule has 0 N–H and O–H groups in total. The maximum absolute atomic E-state index is 4.16. The van der Waals surface area contributed by atoms with Crippen molar-refractivity contribution in [2.75, 3.05) is 0 Å². The monoisotopic (exact) mass is 243 g/mol. The molecule has 3 nitrogen and oxygen atoms in total. The van der Waals surface area contributed by atoms with Crippen molar-refractivity contribution in [3.63, 3.8) is 0 Å². The van der Waals surface area contributed by atoms with Gasteiger partial charge < -0.3 is 0 Å². The molecule has 0 spiro atoms. The number of allylic oxidation sites excluding steroid dienone is 1. The van der Waals surface area contributed by atoms with Crippen LogP contribution in [0.25, 0.3) is 17.3 Å². The first-order valence-corrected chi connectivity index (χ1v) is 6.32. The van der Waals surface area contributed by atoms with Crippen LogP contribution in [-0.4, -0.2) is 15.0 Å². The molecule has 18 heavy (non-hydrogen) atoms. The van der Waals surface area contributed by atoms with E-state index < -0.39 is 0 Å². The molecule has 2 aromatic rings. The summed E-state index contributed by atoms with van der Waals surface area (Å²) in [5.74, 6) is 0. The van der Waals surface area contributed by atoms with E-state index in [0.717, 1.165) is 17.0 Å². The summed E-state index contributed by atoms with van der Waals surface area (Å²) >= 11 is 0. The van der Waals surface area contributed by atoms with Crippen LogP contribution in [0, 0.1) is 6.92 Å². The largest absolute Gasteiger partial charge is 0.252 e. The summed E-state index contributed by atoms with van der Waals surface area (Å²) in [6, 6.07) is 8.32. The van der Waals surface area contributed by atoms with Crippen LogP contribution in [0.1, 0.15) is 32.0 Å². The fourth-order valence-electron chi connectivity index (χ4n) is 1.62. The van der Waals surface area contributed by atoms with E-state index in [0.29, 0.717) is 0 Å². The fourth-order valence-corrected chi connectivity index (χ4v) is 1.62. The molecule has 96 valence electrons. The van der Waals surface area contributed by atoms with Crippen molar-refractivity contribution in [2.45, 2.75) is 27.7 Å². The van der Waals surface area contributed by atoms with E-state index in [-0.39, 0.29) is 0 Å². The first kappa shape index (κ1) is 14.2. The summed E-state index contributed by atoms with van der Waals surface area (Å²) in [5.41, 5.74) is 4.35. The molecule has 1 heterocycles. The molecule has 0 radical (unpaired) electrons. The molecule has 1 aromatic carbocycles. The Hall–Kier alpha value is -1.90. The number of hydrogen-bond donors (Lipinski definition) is 0. The highest BCUT2D eigenvalue weighted by molar-refractivity contribution is 5.63. The van der Waals surface area contributed by atoms with Gasteiger partial charge in [0.2, 0.25) is 0 Å². The zero-order valence-corrected chi connectivity index (χ0v) is 11.8. The number of benzene rings is 1. The van der Waals surface area contributed by atoms with E-state index in [2.05, 4.69) is 40.7 Å². The van der Waals surface area contributed by atoms with Crippen LogP contribution in [0.15, 0.2) is 30.3 Å². The topological polar surface area (TPSA) is 30.7 Å². The van der Waals surface area contributed by atoms with Gasteiger partial charge in [-0.05, 0) is 19.4 Å². The molecule has 0 atom stereocenters. The number of nitrogens with zero attached hydrogens (tertiary/aromatic N) is 3. The number of aryl methyl sites for hydroxylation is 1. The van der Waals surface area contributed by atoms with Gasteiger partial charge in [0.15, 0.2) is 0 Å². The molecule has 2 rings (SSSR count). The number of hydrogen-bond acceptors (Lipinski definition) is 2. The minimum absolute atomic E-state index is 0.953. The SMILES string of the molecule is C/C=C/c1ccc(-c2nnn(C)c2C)cc1.CC. The molecule has 0 fully saturated rings. The van der Waals surface area contributed by atoms with Crippen molar-refractivity contribution in [1.29, 1.82) is 0 Å². The average Bonchev–Trinajstić information content (AvgIpc) is 2.74. The van der Waals surface area contributed by atoms with Crippen molar-refractivity contribution in [2.24, 2.45) is 7.05 Å². The number of aromatic nitrogens is 3. The standard InChI is InChI=1S/C13H15N3.C2H6/c1-4-5-11-6-8-12(9-7-11)13-10(2)16(3)15-14-13;1-2/h4-9H,1-3H3;1-2H3/b5-4+;. The van der Waals surface area contributed by atoms with Gasteiger partial charge in [0, 0.05) is 12.6 Å². The van der Waals surface area contributed by atoms with Gasteiger partial charge in [-0.15, -0.1) is 5.10 Å². The highest BCUT2D eigenvalue weighted by Crippen LogP contribution is 2.20. The summed E-state index contributed by atoms with van der Waals surface area (Å²) in [6.45, 7) is 8.04. The predicted octanol–water partition coefficient (Wildman–Crippen LogP) is 3.85. The quantitative estimate of drug-likeness (QED) is 0.802. The first-order valence-electron chi connectivity index (χ1n) is 6.32. The Bertz CT molecular complexity index is 507. The van der Waals surface area contributed by atoms with Crippen LogP contribution < -0.4 is 0 Å². The lowest BCUT2D eigenvalue weighted by Gasteiger charge is -1.99. The summed E-state index contributed by atoms with van der Waals surface area (Å²) in [4.78, 5) is 0. The molecule has 0 aliphatic heterocycles. The second-order valence-corrected chi connectivity index (χ2v) is 3.77. The van der Waals surface area contributed by atoms with Crippen molar-refractivity contribution >= 4 is 6.08 Å². The Kier molecular flexibility index (Phi) is 5.31. The second-order valence-electron chi connectivity index (χ2n) is 3.77. The van der Waals surface area contributed by atoms with E-state index in [1.165, 1.54) is 5.56 Å². The Morgan fingerprint density at radius 1 is 1.11 bits per heavy atom. The van der Waals surface area contributed by atoms with Crippen molar-refractivity contribution in [1.82, 2.24) is 15.0 Å². The molecule has 3 heteroatoms. The highest BCUT2D eigenvalue weighted by atomic mass is 15.4. The van der Waals surface area contributed by atoms with Gasteiger partial charge in [0.1, 0.15) is 5.69 Å². The van der Waals surface area contributed by atoms with Crippen LogP contribution in [0.2, 0.25) is 0 Å². The van der Waals surface area contributed by atoms with Crippen molar-refractivity contribution in [3.8, 4) is 11.3 Å². The zero-order valence-electron chi connectivity index (χ0n) is 11.8. The van der Waals surface area contributed by atoms with E-state index in [1.54, 1.807) is 4.68 Å². The van der Waals surface area contributed by atoms with Gasteiger partial charge >= 0.3 is 0 Å². The Balaban J connectivity index is 0.000000771. The number of rotatable bonds is 2. The summed E-state index contributed by atoms with van der Waals surface area (Å²) in [5, 5.41) is 8.16. The molecular weight excluding hydrogens is 222 g/mol. The van der Waals surface area contributed by atoms with E-state index in [1.807, 2.05) is 40.8 Å². The van der Waals surface area contributed by atoms with Gasteiger partial charge in [-0.1, -0.05) is 55.5 Å². The normalized spacial score (nSPS) is 10.3. The third kappa shape index (κ3) is 3.06. The lowest BCUT2D eigenvalue weighted by Crippen LogP contribution is -1.92. The molecule has 0 bridgehead atoms. The summed E-state index contributed by atoms with van der Waals surface area (Å²) in [6.07, 6.45) is 4.11. The molecular formula is C15H21N3. The van der Waals surface area contributed by atoms with Crippen molar-refractivity contribution in [3.05, 3.63) is 41.6 Å². The van der Waals surface area contributed by atoms with E-state index in [4.69, 9.17) is 0 Å². The van der Waals surface area contributed by atoms with Crippen LogP contribution in [0.4, 0.5) is 0 Å². The zero-order chi connectivity index (χ0) is 13.5. The molecule has 0 saturated heterocycles. The Morgan fingerprint density at radius 2 is 1.72 bits per heavy atom. The fraction of sp³-hybridized carbons (Fsp3) is 0.333. The maximum atomic E-state index is 4.16. The van der Waals surface area contributed by atoms with Gasteiger partial charge in [-0.3, -0.25) is 4.68 Å². The van der Waals surface area contributed by atoms with Gasteiger partial charge in [-0.2, -0.15) is 0 Å². The minimum atomic E-state index is 0.953. The van der Waals surface area contributed by atoms with Gasteiger partial charge in [-0.25, -0.2) is 0 Å². The average molecular weight is 243 g/mol. The molecule has 0 amide bonds. The first-order chi connectivity index (χ1) is 8.72. The second kappa shape index (κ2) is 6.74. The van der Waals surface area contributed by atoms with E-state index >= 15 is 0 Å². The molecule has 0 unspecified atom stereocenters. The smallest absolute Gasteiger partial charge is 0.115 e. The van der Waals surface area contributed by atoms with Crippen LogP contribution in [0.5, 0.6) is 0 Å².